The molecular formula is C21H22Cl5N3O4S. The van der Waals surface area contributed by atoms with E-state index in [1.54, 1.807) is 25.1 Å². The van der Waals surface area contributed by atoms with E-state index in [1.807, 2.05) is 0 Å². The number of anilines is 1. The van der Waals surface area contributed by atoms with Gasteiger partial charge in [0.1, 0.15) is 12.6 Å². The molecule has 0 saturated carbocycles. The van der Waals surface area contributed by atoms with Gasteiger partial charge in [-0.15, -0.1) is 0 Å². The molecule has 0 heterocycles. The maximum Gasteiger partial charge on any atom is 0.244 e. The number of benzene rings is 2. The average molecular weight is 590 g/mol. The Labute approximate surface area is 223 Å². The van der Waals surface area contributed by atoms with Crippen molar-refractivity contribution in [3.05, 3.63) is 61.0 Å². The van der Waals surface area contributed by atoms with Crippen molar-refractivity contribution in [1.29, 1.82) is 0 Å². The molecule has 2 aromatic carbocycles. The third kappa shape index (κ3) is 7.29. The topological polar surface area (TPSA) is 86.8 Å². The number of carbonyl (C=O) groups is 2. The third-order valence-corrected chi connectivity index (χ3v) is 7.68. The SMILES string of the molecule is CCNC(=O)[C@H](C)N(Cc1ccc(Cl)c(Cl)c1)C(=O)CN(c1cc(Cl)c(Cl)cc1Cl)S(C)(=O)=O. The Bertz CT molecular complexity index is 1190. The number of likely N-dealkylation sites (N-methyl/N-ethyl adjacent to an activating group) is 1. The summed E-state index contributed by atoms with van der Waals surface area (Å²) in [7, 11) is -3.98. The van der Waals surface area contributed by atoms with Crippen LogP contribution >= 0.6 is 58.0 Å². The van der Waals surface area contributed by atoms with Crippen LogP contribution in [0.15, 0.2) is 30.3 Å². The smallest absolute Gasteiger partial charge is 0.244 e. The number of hydrogen-bond acceptors (Lipinski definition) is 4. The van der Waals surface area contributed by atoms with E-state index in [1.165, 1.54) is 24.0 Å². The minimum absolute atomic E-state index is 0.0135. The van der Waals surface area contributed by atoms with Crippen molar-refractivity contribution in [2.75, 3.05) is 23.7 Å². The van der Waals surface area contributed by atoms with Crippen molar-refractivity contribution in [2.24, 2.45) is 0 Å². The van der Waals surface area contributed by atoms with E-state index in [0.29, 0.717) is 17.1 Å². The summed E-state index contributed by atoms with van der Waals surface area (Å²) in [6.07, 6.45) is 0.926. The van der Waals surface area contributed by atoms with Gasteiger partial charge in [0.05, 0.1) is 37.1 Å². The van der Waals surface area contributed by atoms with Crippen molar-refractivity contribution in [3.63, 3.8) is 0 Å². The van der Waals surface area contributed by atoms with Crippen molar-refractivity contribution in [3.8, 4) is 0 Å². The fourth-order valence-corrected chi connectivity index (χ4v) is 4.90. The number of sulfonamides is 1. The van der Waals surface area contributed by atoms with E-state index in [9.17, 15) is 18.0 Å². The zero-order valence-corrected chi connectivity index (χ0v) is 23.0. The van der Waals surface area contributed by atoms with Gasteiger partial charge >= 0.3 is 0 Å². The summed E-state index contributed by atoms with van der Waals surface area (Å²) in [6.45, 7) is 2.97. The van der Waals surface area contributed by atoms with Gasteiger partial charge in [-0.2, -0.15) is 0 Å². The van der Waals surface area contributed by atoms with E-state index >= 15 is 0 Å². The van der Waals surface area contributed by atoms with Crippen LogP contribution in [0.2, 0.25) is 25.1 Å². The molecule has 1 atom stereocenters. The molecule has 0 unspecified atom stereocenters. The normalized spacial score (nSPS) is 12.2. The highest BCUT2D eigenvalue weighted by Crippen LogP contribution is 2.35. The zero-order valence-electron chi connectivity index (χ0n) is 18.4. The summed E-state index contributed by atoms with van der Waals surface area (Å²) in [5, 5.41) is 3.44. The number of rotatable bonds is 9. The molecule has 0 bridgehead atoms. The summed E-state index contributed by atoms with van der Waals surface area (Å²) in [6, 6.07) is 6.41. The summed E-state index contributed by atoms with van der Waals surface area (Å²) < 4.78 is 26.0. The van der Waals surface area contributed by atoms with Crippen LogP contribution in [-0.2, 0) is 26.2 Å². The van der Waals surface area contributed by atoms with E-state index in [4.69, 9.17) is 58.0 Å². The van der Waals surface area contributed by atoms with Crippen LogP contribution in [0.5, 0.6) is 0 Å². The summed E-state index contributed by atoms with van der Waals surface area (Å²) in [5.74, 6) is -1.06. The Hall–Kier alpha value is -1.42. The maximum absolute atomic E-state index is 13.4. The second-order valence-electron chi connectivity index (χ2n) is 7.33. The van der Waals surface area contributed by atoms with Gasteiger partial charge in [0, 0.05) is 13.1 Å². The fraction of sp³-hybridized carbons (Fsp3) is 0.333. The first-order valence-electron chi connectivity index (χ1n) is 9.89. The highest BCUT2D eigenvalue weighted by molar-refractivity contribution is 7.92. The molecule has 34 heavy (non-hydrogen) atoms. The van der Waals surface area contributed by atoms with Gasteiger partial charge in [-0.25, -0.2) is 8.42 Å². The Morgan fingerprint density at radius 2 is 1.53 bits per heavy atom. The minimum Gasteiger partial charge on any atom is -0.355 e. The average Bonchev–Trinajstić information content (AvgIpc) is 2.74. The van der Waals surface area contributed by atoms with Gasteiger partial charge in [-0.3, -0.25) is 13.9 Å². The predicted octanol–water partition coefficient (Wildman–Crippen LogP) is 5.27. The predicted molar refractivity (Wildman–Crippen MR) is 139 cm³/mol. The minimum atomic E-state index is -3.98. The lowest BCUT2D eigenvalue weighted by Gasteiger charge is -2.31. The first-order chi connectivity index (χ1) is 15.8. The number of nitrogens with one attached hydrogen (secondary N) is 1. The van der Waals surface area contributed by atoms with Crippen molar-refractivity contribution in [2.45, 2.75) is 26.4 Å². The van der Waals surface area contributed by atoms with Crippen molar-refractivity contribution >= 4 is 85.5 Å². The van der Waals surface area contributed by atoms with Crippen LogP contribution in [0.1, 0.15) is 19.4 Å². The van der Waals surface area contributed by atoms with Gasteiger partial charge in [-0.05, 0) is 43.7 Å². The first-order valence-corrected chi connectivity index (χ1v) is 13.6. The van der Waals surface area contributed by atoms with Gasteiger partial charge in [-0.1, -0.05) is 64.1 Å². The molecule has 2 amide bonds. The molecule has 0 aliphatic rings. The second-order valence-corrected chi connectivity index (χ2v) is 11.3. The molecule has 0 fully saturated rings. The van der Waals surface area contributed by atoms with Crippen LogP contribution in [0.4, 0.5) is 5.69 Å². The molecule has 186 valence electrons. The van der Waals surface area contributed by atoms with Crippen molar-refractivity contribution in [1.82, 2.24) is 10.2 Å². The summed E-state index contributed by atoms with van der Waals surface area (Å²) in [4.78, 5) is 27.2. The largest absolute Gasteiger partial charge is 0.355 e. The van der Waals surface area contributed by atoms with E-state index in [0.717, 1.165) is 10.6 Å². The Morgan fingerprint density at radius 3 is 2.09 bits per heavy atom. The van der Waals surface area contributed by atoms with Gasteiger partial charge in [0.2, 0.25) is 21.8 Å². The van der Waals surface area contributed by atoms with Crippen LogP contribution in [0.25, 0.3) is 0 Å². The zero-order chi connectivity index (χ0) is 25.8. The number of carbonyl (C=O) groups excluding carboxylic acids is 2. The number of amides is 2. The highest BCUT2D eigenvalue weighted by atomic mass is 35.5. The Kier molecular flexibility index (Phi) is 10.2. The van der Waals surface area contributed by atoms with Gasteiger partial charge in [0.15, 0.2) is 0 Å². The molecule has 2 rings (SSSR count). The molecule has 2 aromatic rings. The lowest BCUT2D eigenvalue weighted by molar-refractivity contribution is -0.139. The molecule has 0 aliphatic carbocycles. The molecule has 13 heteroatoms. The van der Waals surface area contributed by atoms with Crippen LogP contribution < -0.4 is 9.62 Å². The molecule has 0 spiro atoms. The van der Waals surface area contributed by atoms with Crippen LogP contribution in [-0.4, -0.2) is 50.5 Å². The fourth-order valence-electron chi connectivity index (χ4n) is 3.04. The third-order valence-electron chi connectivity index (χ3n) is 4.79. The van der Waals surface area contributed by atoms with Crippen LogP contribution in [0.3, 0.4) is 0 Å². The molecule has 0 aliphatic heterocycles. The quantitative estimate of drug-likeness (QED) is 0.404. The molecule has 0 aromatic heterocycles. The molecule has 1 N–H and O–H groups in total. The molecule has 0 saturated heterocycles. The molecular weight excluding hydrogens is 568 g/mol. The second kappa shape index (κ2) is 12.0. The number of halogens is 5. The maximum atomic E-state index is 13.4. The first kappa shape index (κ1) is 28.8. The number of nitrogens with zero attached hydrogens (tertiary/aromatic N) is 2. The highest BCUT2D eigenvalue weighted by Gasteiger charge is 2.31. The summed E-state index contributed by atoms with van der Waals surface area (Å²) >= 11 is 30.3. The van der Waals surface area contributed by atoms with Gasteiger partial charge in [0.25, 0.3) is 0 Å². The van der Waals surface area contributed by atoms with E-state index in [2.05, 4.69) is 5.32 Å². The van der Waals surface area contributed by atoms with Gasteiger partial charge < -0.3 is 10.2 Å². The Balaban J connectivity index is 2.47. The molecule has 0 radical (unpaired) electrons. The van der Waals surface area contributed by atoms with E-state index in [-0.39, 0.29) is 32.3 Å². The standard InChI is InChI=1S/C21H22Cl5N3O4S/c1-4-27-21(31)12(2)28(10-13-5-6-14(22)15(23)7-13)20(30)11-29(34(3,32)33)19-9-17(25)16(24)8-18(19)26/h5-9,12H,4,10-11H2,1-3H3,(H,27,31)/t12-/m0/s1. The lowest BCUT2D eigenvalue weighted by atomic mass is 10.1. The monoisotopic (exact) mass is 587 g/mol. The van der Waals surface area contributed by atoms with Crippen molar-refractivity contribution < 1.29 is 18.0 Å². The van der Waals surface area contributed by atoms with E-state index < -0.39 is 34.4 Å². The molecule has 7 nitrogen and oxygen atoms in total. The number of hydrogen-bond donors (Lipinski definition) is 1. The lowest BCUT2D eigenvalue weighted by Crippen LogP contribution is -2.51. The Morgan fingerprint density at radius 1 is 0.941 bits per heavy atom. The van der Waals surface area contributed by atoms with Crippen LogP contribution in [0, 0.1) is 0 Å². The summed E-state index contributed by atoms with van der Waals surface area (Å²) in [5.41, 5.74) is 0.574.